The number of methoxy groups -OCH3 is 1. The number of ether oxygens (including phenoxy) is 1. The zero-order chi connectivity index (χ0) is 11.3. The highest BCUT2D eigenvalue weighted by Crippen LogP contribution is 2.18. The largest absolute Gasteiger partial charge is 0.497 e. The number of hydrazine groups is 1. The molecule has 4 nitrogen and oxygen atoms in total. The van der Waals surface area contributed by atoms with Gasteiger partial charge in [0.2, 0.25) is 5.91 Å². The number of carbonyl (C=O) groups is 1. The lowest BCUT2D eigenvalue weighted by atomic mass is 10.0. The van der Waals surface area contributed by atoms with E-state index < -0.39 is 0 Å². The van der Waals surface area contributed by atoms with E-state index in [4.69, 9.17) is 4.74 Å². The Balaban J connectivity index is 2.73. The van der Waals surface area contributed by atoms with Gasteiger partial charge in [-0.05, 0) is 24.6 Å². The Morgan fingerprint density at radius 3 is 2.40 bits per heavy atom. The molecule has 82 valence electrons. The highest BCUT2D eigenvalue weighted by Gasteiger charge is 2.13. The molecule has 15 heavy (non-hydrogen) atoms. The summed E-state index contributed by atoms with van der Waals surface area (Å²) in [5, 5.41) is 0. The summed E-state index contributed by atoms with van der Waals surface area (Å²) in [6, 6.07) is 7.47. The first-order chi connectivity index (χ1) is 7.19. The molecule has 1 unspecified atom stereocenters. The normalized spacial score (nSPS) is 11.9. The molecule has 2 N–H and O–H groups in total. The Kier molecular flexibility index (Phi) is 4.12. The quantitative estimate of drug-likeness (QED) is 0.727. The highest BCUT2D eigenvalue weighted by molar-refractivity contribution is 5.82. The fourth-order valence-electron chi connectivity index (χ4n) is 1.28. The van der Waals surface area contributed by atoms with E-state index in [1.54, 1.807) is 14.2 Å². The van der Waals surface area contributed by atoms with Crippen LogP contribution >= 0.6 is 0 Å². The number of hydrogen-bond acceptors (Lipinski definition) is 3. The molecule has 0 radical (unpaired) electrons. The average Bonchev–Trinajstić information content (AvgIpc) is 2.28. The maximum atomic E-state index is 11.5. The van der Waals surface area contributed by atoms with Crippen molar-refractivity contribution in [3.8, 4) is 5.75 Å². The molecule has 1 rings (SSSR count). The molecule has 4 heteroatoms. The maximum Gasteiger partial charge on any atom is 0.241 e. The molecule has 0 spiro atoms. The molecule has 1 aromatic carbocycles. The monoisotopic (exact) mass is 208 g/mol. The van der Waals surface area contributed by atoms with Crippen LogP contribution < -0.4 is 15.6 Å². The Labute approximate surface area is 89.6 Å². The first kappa shape index (κ1) is 11.5. The van der Waals surface area contributed by atoms with Crippen LogP contribution in [0.3, 0.4) is 0 Å². The maximum absolute atomic E-state index is 11.5. The Hall–Kier alpha value is -1.55. The molecule has 0 heterocycles. The summed E-state index contributed by atoms with van der Waals surface area (Å²) < 4.78 is 5.04. The topological polar surface area (TPSA) is 50.4 Å². The summed E-state index contributed by atoms with van der Waals surface area (Å²) in [4.78, 5) is 11.5. The molecule has 0 aliphatic carbocycles. The Morgan fingerprint density at radius 2 is 1.93 bits per heavy atom. The van der Waals surface area contributed by atoms with Crippen LogP contribution in [-0.4, -0.2) is 20.1 Å². The van der Waals surface area contributed by atoms with Crippen LogP contribution in [-0.2, 0) is 4.79 Å². The summed E-state index contributed by atoms with van der Waals surface area (Å²) in [5.41, 5.74) is 6.13. The van der Waals surface area contributed by atoms with E-state index >= 15 is 0 Å². The van der Waals surface area contributed by atoms with Gasteiger partial charge in [-0.1, -0.05) is 12.1 Å². The minimum Gasteiger partial charge on any atom is -0.497 e. The smallest absolute Gasteiger partial charge is 0.241 e. The number of carbonyl (C=O) groups excluding carboxylic acids is 1. The van der Waals surface area contributed by atoms with Crippen molar-refractivity contribution in [3.63, 3.8) is 0 Å². The van der Waals surface area contributed by atoms with Crippen molar-refractivity contribution < 1.29 is 9.53 Å². The van der Waals surface area contributed by atoms with Crippen molar-refractivity contribution >= 4 is 5.91 Å². The fraction of sp³-hybridized carbons (Fsp3) is 0.364. The van der Waals surface area contributed by atoms with Gasteiger partial charge in [0.15, 0.2) is 0 Å². The minimum absolute atomic E-state index is 0.0531. The number of nitrogens with one attached hydrogen (secondary N) is 2. The van der Waals surface area contributed by atoms with Crippen LogP contribution in [0, 0.1) is 0 Å². The van der Waals surface area contributed by atoms with Crippen LogP contribution in [0.15, 0.2) is 24.3 Å². The SMILES string of the molecule is CNNC(=O)C(C)c1ccc(OC)cc1. The lowest BCUT2D eigenvalue weighted by molar-refractivity contribution is -0.123. The van der Waals surface area contributed by atoms with E-state index in [0.29, 0.717) is 0 Å². The summed E-state index contributed by atoms with van der Waals surface area (Å²) >= 11 is 0. The third-order valence-corrected chi connectivity index (χ3v) is 2.26. The van der Waals surface area contributed by atoms with E-state index in [1.165, 1.54) is 0 Å². The van der Waals surface area contributed by atoms with Crippen LogP contribution in [0.1, 0.15) is 18.4 Å². The van der Waals surface area contributed by atoms with Gasteiger partial charge in [0.1, 0.15) is 5.75 Å². The molecule has 0 saturated heterocycles. The van der Waals surface area contributed by atoms with E-state index in [1.807, 2.05) is 31.2 Å². The van der Waals surface area contributed by atoms with Crippen molar-refractivity contribution in [2.75, 3.05) is 14.2 Å². The number of rotatable bonds is 4. The summed E-state index contributed by atoms with van der Waals surface area (Å²) in [7, 11) is 3.28. The summed E-state index contributed by atoms with van der Waals surface area (Å²) in [5.74, 6) is 0.561. The molecular weight excluding hydrogens is 192 g/mol. The second kappa shape index (κ2) is 5.36. The van der Waals surface area contributed by atoms with Crippen molar-refractivity contribution in [2.45, 2.75) is 12.8 Å². The van der Waals surface area contributed by atoms with Gasteiger partial charge in [-0.15, -0.1) is 0 Å². The third kappa shape index (κ3) is 2.95. The molecule has 0 aliphatic rings. The van der Waals surface area contributed by atoms with Gasteiger partial charge in [-0.25, -0.2) is 5.43 Å². The molecular formula is C11H16N2O2. The Bertz CT molecular complexity index is 322. The Morgan fingerprint density at radius 1 is 1.33 bits per heavy atom. The number of amides is 1. The van der Waals surface area contributed by atoms with Crippen LogP contribution in [0.4, 0.5) is 0 Å². The van der Waals surface area contributed by atoms with Crippen molar-refractivity contribution in [3.05, 3.63) is 29.8 Å². The van der Waals surface area contributed by atoms with Gasteiger partial charge in [-0.2, -0.15) is 0 Å². The second-order valence-electron chi connectivity index (χ2n) is 3.23. The molecule has 0 bridgehead atoms. The molecule has 0 saturated carbocycles. The first-order valence-electron chi connectivity index (χ1n) is 4.79. The molecule has 0 fully saturated rings. The van der Waals surface area contributed by atoms with Crippen molar-refractivity contribution in [2.24, 2.45) is 0 Å². The van der Waals surface area contributed by atoms with Gasteiger partial charge < -0.3 is 4.74 Å². The van der Waals surface area contributed by atoms with Gasteiger partial charge in [0.25, 0.3) is 0 Å². The average molecular weight is 208 g/mol. The molecule has 1 aromatic rings. The molecule has 1 atom stereocenters. The number of benzene rings is 1. The molecule has 1 amide bonds. The van der Waals surface area contributed by atoms with Gasteiger partial charge in [0, 0.05) is 7.05 Å². The van der Waals surface area contributed by atoms with E-state index in [2.05, 4.69) is 10.9 Å². The van der Waals surface area contributed by atoms with E-state index in [9.17, 15) is 4.79 Å². The number of hydrogen-bond donors (Lipinski definition) is 2. The van der Waals surface area contributed by atoms with Crippen LogP contribution in [0.2, 0.25) is 0 Å². The van der Waals surface area contributed by atoms with E-state index in [0.717, 1.165) is 11.3 Å². The van der Waals surface area contributed by atoms with Gasteiger partial charge in [-0.3, -0.25) is 10.2 Å². The molecule has 0 aromatic heterocycles. The van der Waals surface area contributed by atoms with Crippen LogP contribution in [0.5, 0.6) is 5.75 Å². The highest BCUT2D eigenvalue weighted by atomic mass is 16.5. The fourth-order valence-corrected chi connectivity index (χ4v) is 1.28. The predicted octanol–water partition coefficient (Wildman–Crippen LogP) is 1.05. The summed E-state index contributed by atoms with van der Waals surface area (Å²) in [6.45, 7) is 1.86. The minimum atomic E-state index is -0.177. The predicted molar refractivity (Wildman–Crippen MR) is 58.6 cm³/mol. The lowest BCUT2D eigenvalue weighted by Crippen LogP contribution is -2.37. The molecule has 0 aliphatic heterocycles. The summed E-state index contributed by atoms with van der Waals surface area (Å²) in [6.07, 6.45) is 0. The third-order valence-electron chi connectivity index (χ3n) is 2.26. The standard InChI is InChI=1S/C11H16N2O2/c1-8(11(14)13-12-2)9-4-6-10(15-3)7-5-9/h4-8,12H,1-3H3,(H,13,14). The van der Waals surface area contributed by atoms with E-state index in [-0.39, 0.29) is 11.8 Å². The van der Waals surface area contributed by atoms with Crippen molar-refractivity contribution in [1.82, 2.24) is 10.9 Å². The first-order valence-corrected chi connectivity index (χ1v) is 4.79. The van der Waals surface area contributed by atoms with Crippen LogP contribution in [0.25, 0.3) is 0 Å². The zero-order valence-electron chi connectivity index (χ0n) is 9.20. The zero-order valence-corrected chi connectivity index (χ0v) is 9.20. The van der Waals surface area contributed by atoms with Crippen molar-refractivity contribution in [1.29, 1.82) is 0 Å². The van der Waals surface area contributed by atoms with Gasteiger partial charge >= 0.3 is 0 Å². The van der Waals surface area contributed by atoms with Gasteiger partial charge in [0.05, 0.1) is 13.0 Å². The lowest BCUT2D eigenvalue weighted by Gasteiger charge is -2.11. The second-order valence-corrected chi connectivity index (χ2v) is 3.23.